The van der Waals surface area contributed by atoms with Crippen molar-refractivity contribution in [3.63, 3.8) is 0 Å². The fourth-order valence-corrected chi connectivity index (χ4v) is 7.86. The molecule has 310 valence electrons. The minimum Gasteiger partial charge on any atom is -0.496 e. The highest BCUT2D eigenvalue weighted by atomic mass is 32.1. The molecule has 4 N–H and O–H groups in total. The van der Waals surface area contributed by atoms with Crippen molar-refractivity contribution in [3.05, 3.63) is 238 Å². The molecule has 0 spiro atoms. The fourth-order valence-electron chi connectivity index (χ4n) is 7.41. The Morgan fingerprint density at radius 2 is 0.967 bits per heavy atom. The Morgan fingerprint density at radius 3 is 1.46 bits per heavy atom. The number of hydrogen-bond acceptors (Lipinski definition) is 4. The average molecular weight is 843 g/mol. The summed E-state index contributed by atoms with van der Waals surface area (Å²) in [6, 6.07) is 64.5. The molecule has 0 unspecified atom stereocenters. The van der Waals surface area contributed by atoms with Gasteiger partial charge < -0.3 is 30.7 Å². The van der Waals surface area contributed by atoms with Crippen molar-refractivity contribution in [2.45, 2.75) is 38.4 Å². The number of benzene rings is 7. The maximum Gasteiger partial charge on any atom is 0.167 e. The molecule has 0 aliphatic rings. The molecule has 7 aromatic carbocycles. The van der Waals surface area contributed by atoms with E-state index in [1.165, 1.54) is 27.8 Å². The van der Waals surface area contributed by atoms with E-state index in [-0.39, 0.29) is 6.04 Å². The minimum atomic E-state index is -0.630. The summed E-state index contributed by atoms with van der Waals surface area (Å²) >= 11 is 11.4. The third kappa shape index (κ3) is 11.8. The maximum atomic E-state index is 5.85. The predicted octanol–water partition coefficient (Wildman–Crippen LogP) is 10.8. The predicted molar refractivity (Wildman–Crippen MR) is 259 cm³/mol. The molecule has 0 saturated heterocycles. The first-order valence-corrected chi connectivity index (χ1v) is 21.3. The van der Waals surface area contributed by atoms with Crippen molar-refractivity contribution in [1.29, 1.82) is 0 Å². The topological polar surface area (TPSA) is 66.6 Å². The molecule has 8 heteroatoms. The molecule has 6 nitrogen and oxygen atoms in total. The van der Waals surface area contributed by atoms with Gasteiger partial charge in [-0.2, -0.15) is 0 Å². The summed E-state index contributed by atoms with van der Waals surface area (Å²) in [5.41, 5.74) is 9.69. The molecule has 0 heterocycles. The molecule has 0 radical (unpaired) electrons. The molecule has 0 bridgehead atoms. The molecule has 0 amide bonds. The standard InChI is InChI=1S/C30H30N2OS.C23H24N2OS/c1-23-18-19-28(33-2)24(22-23)20-21-31-29(34)32-30(25-12-6-3-7-13-25,26-14-8-4-9-15-26)27-16-10-5-11-17-27;1-17-13-14-20(21(15-17)26-2)16-24-23(27)25-22(18-9-5-3-6-10-18)19-11-7-4-8-12-19/h3-19,22H,20-21H2,1-2H3,(H2,31,32,34);3-15,22H,16H2,1-2H3,(H2,24,25,27). The van der Waals surface area contributed by atoms with Crippen LogP contribution in [0.1, 0.15) is 56.1 Å². The molecule has 0 aliphatic carbocycles. The fraction of sp³-hybridized carbons (Fsp3) is 0.170. The lowest BCUT2D eigenvalue weighted by molar-refractivity contribution is 0.408. The smallest absolute Gasteiger partial charge is 0.167 e. The highest BCUT2D eigenvalue weighted by Crippen LogP contribution is 2.37. The van der Waals surface area contributed by atoms with Crippen LogP contribution in [0.3, 0.4) is 0 Å². The number of nitrogens with one attached hydrogen (secondary N) is 4. The number of ether oxygens (including phenoxy) is 2. The second-order valence-electron chi connectivity index (χ2n) is 14.7. The van der Waals surface area contributed by atoms with Gasteiger partial charge in [0.15, 0.2) is 10.2 Å². The van der Waals surface area contributed by atoms with Crippen LogP contribution in [0.5, 0.6) is 11.5 Å². The van der Waals surface area contributed by atoms with Gasteiger partial charge in [-0.3, -0.25) is 0 Å². The van der Waals surface area contributed by atoms with Gasteiger partial charge in [-0.05, 0) is 95.8 Å². The second-order valence-corrected chi connectivity index (χ2v) is 15.5. The third-order valence-electron chi connectivity index (χ3n) is 10.5. The van der Waals surface area contributed by atoms with E-state index in [0.717, 1.165) is 40.2 Å². The second kappa shape index (κ2) is 22.2. The lowest BCUT2D eigenvalue weighted by Crippen LogP contribution is -2.51. The molecule has 0 aliphatic heterocycles. The lowest BCUT2D eigenvalue weighted by atomic mass is 9.77. The Balaban J connectivity index is 0.000000210. The maximum absolute atomic E-state index is 5.85. The van der Waals surface area contributed by atoms with E-state index in [9.17, 15) is 0 Å². The van der Waals surface area contributed by atoms with Crippen LogP contribution in [-0.2, 0) is 18.5 Å². The minimum absolute atomic E-state index is 0.00712. The Kier molecular flexibility index (Phi) is 16.1. The number of rotatable bonds is 14. The van der Waals surface area contributed by atoms with Crippen LogP contribution in [0.25, 0.3) is 0 Å². The lowest BCUT2D eigenvalue weighted by Gasteiger charge is -2.38. The molecule has 0 atom stereocenters. The summed E-state index contributed by atoms with van der Waals surface area (Å²) < 4.78 is 11.0. The zero-order valence-corrected chi connectivity index (χ0v) is 36.9. The highest BCUT2D eigenvalue weighted by Gasteiger charge is 2.37. The van der Waals surface area contributed by atoms with Crippen molar-refractivity contribution < 1.29 is 9.47 Å². The van der Waals surface area contributed by atoms with Gasteiger partial charge in [-0.1, -0.05) is 181 Å². The zero-order valence-electron chi connectivity index (χ0n) is 35.2. The van der Waals surface area contributed by atoms with Crippen molar-refractivity contribution in [2.24, 2.45) is 0 Å². The summed E-state index contributed by atoms with van der Waals surface area (Å²) in [6.07, 6.45) is 0.807. The van der Waals surface area contributed by atoms with Crippen LogP contribution in [0.2, 0.25) is 0 Å². The third-order valence-corrected chi connectivity index (χ3v) is 11.0. The SMILES string of the molecule is COc1cc(C)ccc1CNC(=S)NC(c1ccccc1)c1ccccc1.COc1ccc(C)cc1CCNC(=S)NC(c1ccccc1)(c1ccccc1)c1ccccc1. The van der Waals surface area contributed by atoms with Crippen LogP contribution >= 0.6 is 24.4 Å². The number of methoxy groups -OCH3 is 2. The number of hydrogen-bond donors (Lipinski definition) is 4. The largest absolute Gasteiger partial charge is 0.496 e. The van der Waals surface area contributed by atoms with Gasteiger partial charge in [0.25, 0.3) is 0 Å². The van der Waals surface area contributed by atoms with Gasteiger partial charge in [0.1, 0.15) is 17.0 Å². The Labute approximate surface area is 372 Å². The van der Waals surface area contributed by atoms with Gasteiger partial charge in [0.2, 0.25) is 0 Å². The first kappa shape index (κ1) is 44.1. The van der Waals surface area contributed by atoms with Crippen LogP contribution in [-0.4, -0.2) is 31.0 Å². The molecule has 7 aromatic rings. The Bertz CT molecular complexity index is 2300. The van der Waals surface area contributed by atoms with Crippen molar-refractivity contribution in [1.82, 2.24) is 21.3 Å². The summed E-state index contributed by atoms with van der Waals surface area (Å²) in [4.78, 5) is 0. The van der Waals surface area contributed by atoms with Crippen molar-refractivity contribution in [2.75, 3.05) is 20.8 Å². The van der Waals surface area contributed by atoms with Gasteiger partial charge in [-0.25, -0.2) is 0 Å². The first-order chi connectivity index (χ1) is 29.8. The van der Waals surface area contributed by atoms with E-state index in [1.807, 2.05) is 66.7 Å². The Hall–Kier alpha value is -6.48. The van der Waals surface area contributed by atoms with Crippen LogP contribution < -0.4 is 30.7 Å². The van der Waals surface area contributed by atoms with E-state index in [1.54, 1.807) is 14.2 Å². The van der Waals surface area contributed by atoms with Crippen LogP contribution in [0, 0.1) is 13.8 Å². The van der Waals surface area contributed by atoms with E-state index >= 15 is 0 Å². The van der Waals surface area contributed by atoms with E-state index in [0.29, 0.717) is 23.3 Å². The molecule has 61 heavy (non-hydrogen) atoms. The van der Waals surface area contributed by atoms with E-state index in [4.69, 9.17) is 33.9 Å². The van der Waals surface area contributed by atoms with Gasteiger partial charge in [-0.15, -0.1) is 0 Å². The molecule has 0 aromatic heterocycles. The molecule has 0 fully saturated rings. The van der Waals surface area contributed by atoms with Crippen molar-refractivity contribution >= 4 is 34.7 Å². The number of thiocarbonyl (C=S) groups is 2. The van der Waals surface area contributed by atoms with E-state index in [2.05, 4.69) is 156 Å². The van der Waals surface area contributed by atoms with Gasteiger partial charge in [0, 0.05) is 18.7 Å². The summed E-state index contributed by atoms with van der Waals surface area (Å²) in [5, 5.41) is 15.1. The molecule has 7 rings (SSSR count). The first-order valence-electron chi connectivity index (χ1n) is 20.4. The van der Waals surface area contributed by atoms with Gasteiger partial charge >= 0.3 is 0 Å². The normalized spacial score (nSPS) is 10.8. The highest BCUT2D eigenvalue weighted by molar-refractivity contribution is 7.80. The number of aryl methyl sites for hydroxylation is 2. The monoisotopic (exact) mass is 842 g/mol. The summed E-state index contributed by atoms with van der Waals surface area (Å²) in [7, 11) is 3.40. The molecular weight excluding hydrogens is 789 g/mol. The molecule has 0 saturated carbocycles. The van der Waals surface area contributed by atoms with Crippen molar-refractivity contribution in [3.8, 4) is 11.5 Å². The van der Waals surface area contributed by atoms with Gasteiger partial charge in [0.05, 0.1) is 20.3 Å². The summed E-state index contributed by atoms with van der Waals surface area (Å²) in [6.45, 7) is 5.44. The average Bonchev–Trinajstić information content (AvgIpc) is 3.31. The van der Waals surface area contributed by atoms with E-state index < -0.39 is 5.54 Å². The Morgan fingerprint density at radius 1 is 0.508 bits per heavy atom. The van der Waals surface area contributed by atoms with Crippen LogP contribution in [0.15, 0.2) is 188 Å². The van der Waals surface area contributed by atoms with Crippen LogP contribution in [0.4, 0.5) is 0 Å². The quantitative estimate of drug-likeness (QED) is 0.0638. The zero-order chi connectivity index (χ0) is 42.9. The molecular formula is C53H54N4O2S2. The summed E-state index contributed by atoms with van der Waals surface area (Å²) in [5.74, 6) is 1.77.